The van der Waals surface area contributed by atoms with Crippen LogP contribution < -0.4 is 0 Å². The highest BCUT2D eigenvalue weighted by molar-refractivity contribution is 7.80. The third-order valence-corrected chi connectivity index (χ3v) is 4.06. The van der Waals surface area contributed by atoms with E-state index in [1.807, 2.05) is 31.3 Å². The molecule has 0 atom stereocenters. The smallest absolute Gasteiger partial charge is 0.144 e. The molecule has 0 unspecified atom stereocenters. The molecule has 0 radical (unpaired) electrons. The van der Waals surface area contributed by atoms with Gasteiger partial charge in [-0.15, -0.1) is 0 Å². The summed E-state index contributed by atoms with van der Waals surface area (Å²) in [5.74, 6) is 0. The largest absolute Gasteiger partial charge is 0.336 e. The lowest BCUT2D eigenvalue weighted by atomic mass is 10.00. The number of nitrogens with zero attached hydrogens (tertiary/aromatic N) is 2. The van der Waals surface area contributed by atoms with E-state index in [1.54, 1.807) is 6.08 Å². The van der Waals surface area contributed by atoms with Crippen LogP contribution in [0.2, 0.25) is 0 Å². The fourth-order valence-electron chi connectivity index (χ4n) is 2.74. The molecule has 0 spiro atoms. The minimum atomic E-state index is 0.792. The third-order valence-electron chi connectivity index (χ3n) is 3.84. The van der Waals surface area contributed by atoms with Gasteiger partial charge in [0.2, 0.25) is 0 Å². The Kier molecular flexibility index (Phi) is 6.01. The van der Waals surface area contributed by atoms with Gasteiger partial charge in [0.05, 0.1) is 16.4 Å². The summed E-state index contributed by atoms with van der Waals surface area (Å²) in [6.45, 7) is 4.94. The van der Waals surface area contributed by atoms with E-state index in [0.29, 0.717) is 0 Å². The van der Waals surface area contributed by atoms with Gasteiger partial charge in [0.25, 0.3) is 0 Å². The van der Waals surface area contributed by atoms with Crippen LogP contribution in [0.1, 0.15) is 44.2 Å². The molecular formula is C18H22N2OS. The van der Waals surface area contributed by atoms with Crippen molar-refractivity contribution in [3.8, 4) is 0 Å². The lowest BCUT2D eigenvalue weighted by Gasteiger charge is -2.27. The maximum absolute atomic E-state index is 11.2. The second kappa shape index (κ2) is 7.99. The Morgan fingerprint density at radius 2 is 2.23 bits per heavy atom. The molecule has 0 saturated heterocycles. The maximum atomic E-state index is 11.2. The number of carbonyl (C=O) groups excluding carboxylic acids is 1. The van der Waals surface area contributed by atoms with Crippen LogP contribution in [-0.2, 0) is 11.2 Å². The average molecular weight is 314 g/mol. The molecule has 0 amide bonds. The molecule has 0 saturated carbocycles. The maximum Gasteiger partial charge on any atom is 0.144 e. The Morgan fingerprint density at radius 1 is 1.41 bits per heavy atom. The molecule has 1 aliphatic heterocycles. The summed E-state index contributed by atoms with van der Waals surface area (Å²) >= 11 is 5.42. The van der Waals surface area contributed by atoms with Crippen molar-refractivity contribution < 1.29 is 4.79 Å². The summed E-state index contributed by atoms with van der Waals surface area (Å²) in [5.41, 5.74) is 4.11. The first kappa shape index (κ1) is 16.6. The molecule has 0 aromatic heterocycles. The van der Waals surface area contributed by atoms with Gasteiger partial charge in [-0.2, -0.15) is 0 Å². The first-order chi connectivity index (χ1) is 10.7. The number of thiocarbonyl (C=S) groups is 1. The zero-order chi connectivity index (χ0) is 15.9. The van der Waals surface area contributed by atoms with Crippen LogP contribution in [0.4, 0.5) is 5.69 Å². The normalized spacial score (nSPS) is 13.1. The Morgan fingerprint density at radius 3 is 2.91 bits per heavy atom. The molecule has 22 heavy (non-hydrogen) atoms. The van der Waals surface area contributed by atoms with Crippen molar-refractivity contribution in [2.24, 2.45) is 4.99 Å². The number of hydrogen-bond donors (Lipinski definition) is 0. The predicted octanol–water partition coefficient (Wildman–Crippen LogP) is 4.32. The zero-order valence-electron chi connectivity index (χ0n) is 13.2. The lowest BCUT2D eigenvalue weighted by molar-refractivity contribution is -0.104. The van der Waals surface area contributed by atoms with Gasteiger partial charge in [0.1, 0.15) is 6.29 Å². The number of rotatable bonds is 7. The number of benzene rings is 1. The van der Waals surface area contributed by atoms with Gasteiger partial charge in [-0.05, 0) is 25.0 Å². The summed E-state index contributed by atoms with van der Waals surface area (Å²) in [6, 6.07) is 6.04. The van der Waals surface area contributed by atoms with Crippen LogP contribution in [-0.4, -0.2) is 28.9 Å². The van der Waals surface area contributed by atoms with Gasteiger partial charge < -0.3 is 4.90 Å². The van der Waals surface area contributed by atoms with Crippen LogP contribution in [0.5, 0.6) is 0 Å². The Hall–Kier alpha value is -1.81. The molecule has 3 nitrogen and oxygen atoms in total. The molecule has 1 heterocycles. The van der Waals surface area contributed by atoms with Crippen LogP contribution >= 0.6 is 12.2 Å². The SMILES string of the molecule is CCCCCN(C(C)=S)/C(=C\C=O)c1cccc2c1CC=N2. The van der Waals surface area contributed by atoms with Gasteiger partial charge in [-0.1, -0.05) is 44.1 Å². The number of fused-ring (bicyclic) bond motifs is 1. The van der Waals surface area contributed by atoms with Gasteiger partial charge >= 0.3 is 0 Å². The Balaban J connectivity index is 2.37. The number of unbranched alkanes of at least 4 members (excludes halogenated alkanes) is 2. The molecule has 2 rings (SSSR count). The molecule has 1 aromatic rings. The Labute approximate surface area is 137 Å². The predicted molar refractivity (Wildman–Crippen MR) is 96.8 cm³/mol. The van der Waals surface area contributed by atoms with Crippen LogP contribution in [0, 0.1) is 0 Å². The van der Waals surface area contributed by atoms with Crippen molar-refractivity contribution in [2.45, 2.75) is 39.5 Å². The van der Waals surface area contributed by atoms with Crippen molar-refractivity contribution >= 4 is 41.1 Å². The molecular weight excluding hydrogens is 292 g/mol. The average Bonchev–Trinajstić information content (AvgIpc) is 2.98. The number of aliphatic imine (C=N–C) groups is 1. The van der Waals surface area contributed by atoms with Gasteiger partial charge in [0, 0.05) is 30.8 Å². The van der Waals surface area contributed by atoms with Crippen molar-refractivity contribution in [1.82, 2.24) is 4.90 Å². The minimum absolute atomic E-state index is 0.792. The minimum Gasteiger partial charge on any atom is -0.336 e. The molecule has 116 valence electrons. The summed E-state index contributed by atoms with van der Waals surface area (Å²) in [7, 11) is 0. The monoisotopic (exact) mass is 314 g/mol. The van der Waals surface area contributed by atoms with E-state index in [4.69, 9.17) is 12.2 Å². The fourth-order valence-corrected chi connectivity index (χ4v) is 2.93. The van der Waals surface area contributed by atoms with Crippen LogP contribution in [0.25, 0.3) is 5.70 Å². The van der Waals surface area contributed by atoms with E-state index < -0.39 is 0 Å². The molecule has 0 bridgehead atoms. The molecule has 0 N–H and O–H groups in total. The van der Waals surface area contributed by atoms with E-state index in [9.17, 15) is 4.79 Å². The van der Waals surface area contributed by atoms with Gasteiger partial charge in [-0.25, -0.2) is 0 Å². The third kappa shape index (κ3) is 3.69. The van der Waals surface area contributed by atoms with E-state index in [0.717, 1.165) is 60.5 Å². The number of allylic oxidation sites excluding steroid dienone is 1. The quantitative estimate of drug-likeness (QED) is 0.325. The number of carbonyl (C=O) groups is 1. The van der Waals surface area contributed by atoms with E-state index in [-0.39, 0.29) is 0 Å². The molecule has 1 aliphatic rings. The van der Waals surface area contributed by atoms with Crippen molar-refractivity contribution in [2.75, 3.05) is 6.54 Å². The standard InChI is InChI=1S/C18H22N2OS/c1-3-4-5-12-20(14(2)22)18(10-13-21)16-7-6-8-17-15(16)9-11-19-17/h6-8,10-11,13H,3-5,9,12H2,1-2H3/b18-10-. The van der Waals surface area contributed by atoms with Crippen molar-refractivity contribution in [3.05, 3.63) is 35.4 Å². The molecule has 0 fully saturated rings. The van der Waals surface area contributed by atoms with Crippen molar-refractivity contribution in [1.29, 1.82) is 0 Å². The summed E-state index contributed by atoms with van der Waals surface area (Å²) in [6.07, 6.45) is 8.56. The lowest BCUT2D eigenvalue weighted by Crippen LogP contribution is -2.27. The van der Waals surface area contributed by atoms with Gasteiger partial charge in [0.15, 0.2) is 0 Å². The van der Waals surface area contributed by atoms with Crippen LogP contribution in [0.15, 0.2) is 29.3 Å². The van der Waals surface area contributed by atoms with Gasteiger partial charge in [-0.3, -0.25) is 9.79 Å². The fraction of sp³-hybridized carbons (Fsp3) is 0.389. The Bertz CT molecular complexity index is 620. The highest BCUT2D eigenvalue weighted by Crippen LogP contribution is 2.33. The first-order valence-corrected chi connectivity index (χ1v) is 8.18. The zero-order valence-corrected chi connectivity index (χ0v) is 14.0. The summed E-state index contributed by atoms with van der Waals surface area (Å²) in [4.78, 5) is 18.4. The molecule has 1 aromatic carbocycles. The van der Waals surface area contributed by atoms with E-state index in [2.05, 4.69) is 16.8 Å². The van der Waals surface area contributed by atoms with Crippen LogP contribution in [0.3, 0.4) is 0 Å². The second-order valence-electron chi connectivity index (χ2n) is 5.38. The summed E-state index contributed by atoms with van der Waals surface area (Å²) in [5, 5.41) is 0. The topological polar surface area (TPSA) is 32.7 Å². The molecule has 4 heteroatoms. The highest BCUT2D eigenvalue weighted by atomic mass is 32.1. The van der Waals surface area contributed by atoms with E-state index in [1.165, 1.54) is 5.56 Å². The number of aldehydes is 1. The van der Waals surface area contributed by atoms with Crippen molar-refractivity contribution in [3.63, 3.8) is 0 Å². The molecule has 0 aliphatic carbocycles. The highest BCUT2D eigenvalue weighted by Gasteiger charge is 2.19. The summed E-state index contributed by atoms with van der Waals surface area (Å²) < 4.78 is 0. The second-order valence-corrected chi connectivity index (χ2v) is 5.98. The van der Waals surface area contributed by atoms with E-state index >= 15 is 0 Å². The first-order valence-electron chi connectivity index (χ1n) is 7.77. The number of hydrogen-bond acceptors (Lipinski definition) is 3.